The van der Waals surface area contributed by atoms with Gasteiger partial charge in [-0.25, -0.2) is 0 Å². The van der Waals surface area contributed by atoms with Crippen molar-refractivity contribution in [3.8, 4) is 0 Å². The molecule has 2 saturated heterocycles. The zero-order valence-corrected chi connectivity index (χ0v) is 10.9. The summed E-state index contributed by atoms with van der Waals surface area (Å²) in [6.07, 6.45) is 2.32. The number of hydrogen-bond acceptors (Lipinski definition) is 3. The molecule has 2 heterocycles. The van der Waals surface area contributed by atoms with Gasteiger partial charge in [-0.1, -0.05) is 6.92 Å². The zero-order valence-electron chi connectivity index (χ0n) is 10.9. The first-order chi connectivity index (χ1) is 8.18. The van der Waals surface area contributed by atoms with Crippen LogP contribution in [0, 0.1) is 17.8 Å². The number of ether oxygens (including phenoxy) is 1. The third-order valence-electron chi connectivity index (χ3n) is 4.00. The Morgan fingerprint density at radius 2 is 2.29 bits per heavy atom. The molecule has 0 saturated carbocycles. The minimum atomic E-state index is 0.171. The van der Waals surface area contributed by atoms with Crippen LogP contribution in [0.5, 0.6) is 0 Å². The Morgan fingerprint density at radius 3 is 2.88 bits per heavy atom. The molecule has 4 nitrogen and oxygen atoms in total. The minimum absolute atomic E-state index is 0.171. The second kappa shape index (κ2) is 5.83. The molecule has 0 aliphatic carbocycles. The van der Waals surface area contributed by atoms with E-state index in [1.54, 1.807) is 0 Å². The molecular weight excluding hydrogens is 216 g/mol. The maximum Gasteiger partial charge on any atom is 0.227 e. The van der Waals surface area contributed by atoms with Gasteiger partial charge in [0.15, 0.2) is 0 Å². The van der Waals surface area contributed by atoms with Crippen molar-refractivity contribution in [2.45, 2.75) is 19.8 Å². The molecule has 98 valence electrons. The summed E-state index contributed by atoms with van der Waals surface area (Å²) < 4.78 is 5.46. The summed E-state index contributed by atoms with van der Waals surface area (Å²) in [5, 5.41) is 3.29. The van der Waals surface area contributed by atoms with Crippen LogP contribution >= 0.6 is 0 Å². The highest BCUT2D eigenvalue weighted by Crippen LogP contribution is 2.20. The van der Waals surface area contributed by atoms with Crippen molar-refractivity contribution in [3.05, 3.63) is 0 Å². The van der Waals surface area contributed by atoms with Gasteiger partial charge in [-0.05, 0) is 31.2 Å². The van der Waals surface area contributed by atoms with Gasteiger partial charge in [0.1, 0.15) is 0 Å². The lowest BCUT2D eigenvalue weighted by Crippen LogP contribution is -2.40. The van der Waals surface area contributed by atoms with Gasteiger partial charge >= 0.3 is 0 Å². The summed E-state index contributed by atoms with van der Waals surface area (Å²) in [4.78, 5) is 14.2. The predicted molar refractivity (Wildman–Crippen MR) is 66.7 cm³/mol. The van der Waals surface area contributed by atoms with Crippen molar-refractivity contribution in [2.24, 2.45) is 17.8 Å². The van der Waals surface area contributed by atoms with Crippen molar-refractivity contribution in [1.82, 2.24) is 10.2 Å². The molecule has 4 heteroatoms. The van der Waals surface area contributed by atoms with E-state index in [0.717, 1.165) is 39.3 Å². The van der Waals surface area contributed by atoms with Crippen LogP contribution < -0.4 is 5.32 Å². The van der Waals surface area contributed by atoms with Gasteiger partial charge in [0.25, 0.3) is 0 Å². The van der Waals surface area contributed by atoms with Crippen molar-refractivity contribution >= 4 is 5.91 Å². The van der Waals surface area contributed by atoms with Crippen LogP contribution in [-0.2, 0) is 9.53 Å². The third kappa shape index (κ3) is 3.19. The second-order valence-electron chi connectivity index (χ2n) is 5.54. The van der Waals surface area contributed by atoms with E-state index in [2.05, 4.69) is 12.2 Å². The second-order valence-corrected chi connectivity index (χ2v) is 5.54. The monoisotopic (exact) mass is 240 g/mol. The Balaban J connectivity index is 1.81. The Labute approximate surface area is 104 Å². The maximum atomic E-state index is 12.3. The molecule has 0 radical (unpaired) electrons. The summed E-state index contributed by atoms with van der Waals surface area (Å²) in [7, 11) is 1.93. The first kappa shape index (κ1) is 12.8. The summed E-state index contributed by atoms with van der Waals surface area (Å²) in [5.41, 5.74) is 0. The summed E-state index contributed by atoms with van der Waals surface area (Å²) in [6.45, 7) is 6.51. The van der Waals surface area contributed by atoms with E-state index in [4.69, 9.17) is 4.74 Å². The highest BCUT2D eigenvalue weighted by atomic mass is 16.5. The summed E-state index contributed by atoms with van der Waals surface area (Å²) in [6, 6.07) is 0. The number of nitrogens with zero attached hydrogens (tertiary/aromatic N) is 1. The van der Waals surface area contributed by atoms with E-state index in [0.29, 0.717) is 17.7 Å². The summed E-state index contributed by atoms with van der Waals surface area (Å²) in [5.74, 6) is 1.47. The molecule has 2 rings (SSSR count). The minimum Gasteiger partial charge on any atom is -0.381 e. The third-order valence-corrected chi connectivity index (χ3v) is 4.00. The van der Waals surface area contributed by atoms with Gasteiger partial charge in [0.2, 0.25) is 5.91 Å². The Kier molecular flexibility index (Phi) is 4.40. The Hall–Kier alpha value is -0.610. The van der Waals surface area contributed by atoms with E-state index < -0.39 is 0 Å². The highest BCUT2D eigenvalue weighted by molar-refractivity contribution is 5.79. The van der Waals surface area contributed by atoms with Crippen molar-refractivity contribution < 1.29 is 9.53 Å². The average molecular weight is 240 g/mol. The van der Waals surface area contributed by atoms with Crippen LogP contribution in [0.1, 0.15) is 19.8 Å². The highest BCUT2D eigenvalue weighted by Gasteiger charge is 2.32. The summed E-state index contributed by atoms with van der Waals surface area (Å²) >= 11 is 0. The molecule has 0 aromatic carbocycles. The number of amides is 1. The number of hydrogen-bond donors (Lipinski definition) is 1. The standard InChI is InChI=1S/C13H24N2O2/c1-10-6-14-7-12(10)13(16)15(2)8-11-4-3-5-17-9-11/h10-12,14H,3-9H2,1-2H3. The molecule has 2 fully saturated rings. The van der Waals surface area contributed by atoms with Gasteiger partial charge in [-0.2, -0.15) is 0 Å². The van der Waals surface area contributed by atoms with Crippen molar-refractivity contribution in [1.29, 1.82) is 0 Å². The first-order valence-electron chi connectivity index (χ1n) is 6.72. The van der Waals surface area contributed by atoms with Crippen molar-refractivity contribution in [2.75, 3.05) is 39.9 Å². The molecule has 1 N–H and O–H groups in total. The van der Waals surface area contributed by atoms with E-state index >= 15 is 0 Å². The van der Waals surface area contributed by atoms with Crippen LogP contribution in [0.3, 0.4) is 0 Å². The van der Waals surface area contributed by atoms with E-state index in [-0.39, 0.29) is 5.92 Å². The first-order valence-corrected chi connectivity index (χ1v) is 6.72. The zero-order chi connectivity index (χ0) is 12.3. The molecule has 1 amide bonds. The van der Waals surface area contributed by atoms with Gasteiger partial charge in [-0.3, -0.25) is 4.79 Å². The Bertz CT molecular complexity index is 264. The number of rotatable bonds is 3. The van der Waals surface area contributed by atoms with Gasteiger partial charge in [0.05, 0.1) is 12.5 Å². The smallest absolute Gasteiger partial charge is 0.227 e. The number of carbonyl (C=O) groups excluding carboxylic acids is 1. The van der Waals surface area contributed by atoms with E-state index in [1.165, 1.54) is 6.42 Å². The fourth-order valence-corrected chi connectivity index (χ4v) is 2.85. The molecule has 0 spiro atoms. The topological polar surface area (TPSA) is 41.6 Å². The lowest BCUT2D eigenvalue weighted by molar-refractivity contribution is -0.135. The molecule has 0 bridgehead atoms. The fraction of sp³-hybridized carbons (Fsp3) is 0.923. The van der Waals surface area contributed by atoms with Crippen molar-refractivity contribution in [3.63, 3.8) is 0 Å². The van der Waals surface area contributed by atoms with E-state index in [1.807, 2.05) is 11.9 Å². The lowest BCUT2D eigenvalue weighted by atomic mass is 9.95. The SMILES string of the molecule is CC1CNCC1C(=O)N(C)CC1CCCOC1. The number of nitrogens with one attached hydrogen (secondary N) is 1. The van der Waals surface area contributed by atoms with Crippen LogP contribution in [0.2, 0.25) is 0 Å². The number of carbonyl (C=O) groups is 1. The molecule has 0 aromatic rings. The molecule has 0 aromatic heterocycles. The average Bonchev–Trinajstić information content (AvgIpc) is 2.76. The van der Waals surface area contributed by atoms with Gasteiger partial charge in [-0.15, -0.1) is 0 Å². The van der Waals surface area contributed by atoms with Crippen LogP contribution in [0.4, 0.5) is 0 Å². The Morgan fingerprint density at radius 1 is 1.47 bits per heavy atom. The molecule has 3 atom stereocenters. The molecule has 2 aliphatic heterocycles. The normalized spacial score (nSPS) is 33.6. The van der Waals surface area contributed by atoms with E-state index in [9.17, 15) is 4.79 Å². The largest absolute Gasteiger partial charge is 0.381 e. The van der Waals surface area contributed by atoms with Crippen LogP contribution in [0.15, 0.2) is 0 Å². The molecule has 17 heavy (non-hydrogen) atoms. The molecular formula is C13H24N2O2. The fourth-order valence-electron chi connectivity index (χ4n) is 2.85. The maximum absolute atomic E-state index is 12.3. The van der Waals surface area contributed by atoms with Crippen LogP contribution in [0.25, 0.3) is 0 Å². The predicted octanol–water partition coefficient (Wildman–Crippen LogP) is 0.727. The lowest BCUT2D eigenvalue weighted by Gasteiger charge is -2.29. The quantitative estimate of drug-likeness (QED) is 0.790. The molecule has 2 aliphatic rings. The molecule has 3 unspecified atom stereocenters. The van der Waals surface area contributed by atoms with Gasteiger partial charge in [0, 0.05) is 26.7 Å². The van der Waals surface area contributed by atoms with Gasteiger partial charge < -0.3 is 15.0 Å². The van der Waals surface area contributed by atoms with Crippen LogP contribution in [-0.4, -0.2) is 50.7 Å².